The molecule has 2 aliphatic heterocycles. The first-order valence-corrected chi connectivity index (χ1v) is 14.0. The molecule has 4 aliphatic rings. The van der Waals surface area contributed by atoms with Crippen molar-refractivity contribution in [2.75, 3.05) is 32.7 Å². The Bertz CT molecular complexity index is 1040. The Hall–Kier alpha value is -2.43. The number of hydrogen-bond acceptors (Lipinski definition) is 4. The molecule has 0 spiro atoms. The first-order valence-electron chi connectivity index (χ1n) is 14.0. The summed E-state index contributed by atoms with van der Waals surface area (Å²) >= 11 is 0. The number of carbonyl (C=O) groups excluding carboxylic acids is 1. The summed E-state index contributed by atoms with van der Waals surface area (Å²) in [5, 5.41) is 0. The number of fused-ring (bicyclic) bond motifs is 2. The molecule has 0 N–H and O–H groups in total. The van der Waals surface area contributed by atoms with E-state index in [9.17, 15) is 4.79 Å². The van der Waals surface area contributed by atoms with E-state index in [4.69, 9.17) is 4.74 Å². The third kappa shape index (κ3) is 4.43. The summed E-state index contributed by atoms with van der Waals surface area (Å²) in [5.41, 5.74) is 4.37. The Morgan fingerprint density at radius 2 is 1.64 bits per heavy atom. The van der Waals surface area contributed by atoms with Crippen LogP contribution in [0.4, 0.5) is 0 Å². The fraction of sp³-hybridized carbons (Fsp3) is 0.531. The second kappa shape index (κ2) is 9.79. The molecule has 2 unspecified atom stereocenters. The number of rotatable bonds is 5. The van der Waals surface area contributed by atoms with E-state index in [1.165, 1.54) is 29.5 Å². The minimum atomic E-state index is 0.0138. The largest absolute Gasteiger partial charge is 0.462 e. The van der Waals surface area contributed by atoms with Crippen LogP contribution < -0.4 is 0 Å². The highest BCUT2D eigenvalue weighted by Gasteiger charge is 2.55. The number of nitrogens with zero attached hydrogens (tertiary/aromatic N) is 2. The van der Waals surface area contributed by atoms with Gasteiger partial charge in [-0.15, -0.1) is 0 Å². The van der Waals surface area contributed by atoms with Crippen molar-refractivity contribution in [2.24, 2.45) is 23.2 Å². The fourth-order valence-electron chi connectivity index (χ4n) is 7.83. The Balaban J connectivity index is 1.13. The number of allylic oxidation sites excluding steroid dienone is 1. The highest BCUT2D eigenvalue weighted by molar-refractivity contribution is 5.75. The number of ether oxygens (including phenoxy) is 1. The maximum Gasteiger partial charge on any atom is 0.310 e. The van der Waals surface area contributed by atoms with E-state index in [1.807, 2.05) is 0 Å². The van der Waals surface area contributed by atoms with E-state index in [1.54, 1.807) is 0 Å². The van der Waals surface area contributed by atoms with Gasteiger partial charge >= 0.3 is 5.97 Å². The maximum absolute atomic E-state index is 13.1. The standard InChI is InChI=1S/C32H40N2O2/c1-23-10-9-15-32(2)21-29-26(20-28(23)32)27(31(35)36-29)22-33-16-18-34(19-17-33)30(24-11-5-3-6-12-24)25-13-7-4-8-14-25/h3-8,11-14,26-30H,1,9-10,15-22H2,2H3/t26-,27?,28?,29-,32-/m1/s1. The Kier molecular flexibility index (Phi) is 6.51. The lowest BCUT2D eigenvalue weighted by molar-refractivity contribution is -0.146. The Morgan fingerprint density at radius 1 is 1.00 bits per heavy atom. The van der Waals surface area contributed by atoms with Crippen LogP contribution in [0.15, 0.2) is 72.8 Å². The summed E-state index contributed by atoms with van der Waals surface area (Å²) in [4.78, 5) is 18.2. The first-order chi connectivity index (χ1) is 17.5. The van der Waals surface area contributed by atoms with E-state index in [-0.39, 0.29) is 29.4 Å². The molecule has 36 heavy (non-hydrogen) atoms. The van der Waals surface area contributed by atoms with Crippen molar-refractivity contribution in [1.82, 2.24) is 9.80 Å². The molecule has 2 heterocycles. The first kappa shape index (κ1) is 23.9. The van der Waals surface area contributed by atoms with Crippen LogP contribution in [0, 0.1) is 23.2 Å². The van der Waals surface area contributed by atoms with Gasteiger partial charge in [-0.05, 0) is 54.6 Å². The van der Waals surface area contributed by atoms with Crippen LogP contribution in [0.25, 0.3) is 0 Å². The summed E-state index contributed by atoms with van der Waals surface area (Å²) in [6.07, 6.45) is 5.85. The van der Waals surface area contributed by atoms with Crippen LogP contribution in [0.5, 0.6) is 0 Å². The van der Waals surface area contributed by atoms with Crippen molar-refractivity contribution in [3.8, 4) is 0 Å². The molecule has 4 nitrogen and oxygen atoms in total. The van der Waals surface area contributed by atoms with Crippen LogP contribution in [0.1, 0.15) is 56.2 Å². The van der Waals surface area contributed by atoms with Gasteiger partial charge in [0.2, 0.25) is 0 Å². The van der Waals surface area contributed by atoms with Gasteiger partial charge in [0.05, 0.1) is 12.0 Å². The zero-order valence-corrected chi connectivity index (χ0v) is 21.6. The second-order valence-corrected chi connectivity index (χ2v) is 12.0. The number of benzene rings is 2. The van der Waals surface area contributed by atoms with E-state index < -0.39 is 0 Å². The summed E-state index contributed by atoms with van der Waals surface area (Å²) in [5.74, 6) is 0.968. The lowest BCUT2D eigenvalue weighted by Gasteiger charge is -2.50. The molecule has 6 rings (SSSR count). The van der Waals surface area contributed by atoms with E-state index in [0.717, 1.165) is 52.0 Å². The van der Waals surface area contributed by atoms with Crippen molar-refractivity contribution in [1.29, 1.82) is 0 Å². The quantitative estimate of drug-likeness (QED) is 0.402. The van der Waals surface area contributed by atoms with Gasteiger partial charge in [-0.25, -0.2) is 0 Å². The van der Waals surface area contributed by atoms with Crippen molar-refractivity contribution >= 4 is 5.97 Å². The molecular formula is C32H40N2O2. The van der Waals surface area contributed by atoms with Gasteiger partial charge in [-0.3, -0.25) is 14.6 Å². The maximum atomic E-state index is 13.1. The third-order valence-corrected chi connectivity index (χ3v) is 9.78. The highest BCUT2D eigenvalue weighted by Crippen LogP contribution is 2.57. The number of hydrogen-bond donors (Lipinski definition) is 0. The molecule has 4 fully saturated rings. The van der Waals surface area contributed by atoms with Crippen LogP contribution >= 0.6 is 0 Å². The van der Waals surface area contributed by atoms with Gasteiger partial charge in [0.15, 0.2) is 0 Å². The predicted molar refractivity (Wildman–Crippen MR) is 143 cm³/mol. The van der Waals surface area contributed by atoms with Crippen LogP contribution in [0.2, 0.25) is 0 Å². The second-order valence-electron chi connectivity index (χ2n) is 12.0. The normalized spacial score (nSPS) is 33.3. The minimum Gasteiger partial charge on any atom is -0.462 e. The molecule has 0 bridgehead atoms. The lowest BCUT2D eigenvalue weighted by atomic mass is 9.55. The van der Waals surface area contributed by atoms with Gasteiger partial charge in [0, 0.05) is 38.6 Å². The molecule has 2 aromatic rings. The molecule has 5 atom stereocenters. The van der Waals surface area contributed by atoms with Crippen molar-refractivity contribution in [3.05, 3.63) is 83.9 Å². The number of carbonyl (C=O) groups is 1. The Labute approximate surface area is 216 Å². The third-order valence-electron chi connectivity index (χ3n) is 9.78. The molecule has 190 valence electrons. The molecular weight excluding hydrogens is 444 g/mol. The summed E-state index contributed by atoms with van der Waals surface area (Å²) in [6, 6.07) is 22.0. The molecule has 2 saturated heterocycles. The van der Waals surface area contributed by atoms with Gasteiger partial charge < -0.3 is 4.74 Å². The Morgan fingerprint density at radius 3 is 2.28 bits per heavy atom. The fourth-order valence-corrected chi connectivity index (χ4v) is 7.83. The van der Waals surface area contributed by atoms with Gasteiger partial charge in [-0.1, -0.05) is 79.7 Å². The van der Waals surface area contributed by atoms with Crippen molar-refractivity contribution in [3.63, 3.8) is 0 Å². The number of piperazine rings is 1. The average molecular weight is 485 g/mol. The highest BCUT2D eigenvalue weighted by atomic mass is 16.6. The van der Waals surface area contributed by atoms with E-state index in [2.05, 4.69) is 84.0 Å². The SMILES string of the molecule is C=C1CCC[C@]2(C)C[C@H]3OC(=O)C(CN4CCN(C(c5ccccc5)c5ccccc5)CC4)[C@H]3CC12. The predicted octanol–water partition coefficient (Wildman–Crippen LogP) is 5.71. The average Bonchev–Trinajstić information content (AvgIpc) is 3.18. The van der Waals surface area contributed by atoms with Crippen LogP contribution in [-0.2, 0) is 9.53 Å². The molecule has 0 aromatic heterocycles. The zero-order chi connectivity index (χ0) is 24.7. The van der Waals surface area contributed by atoms with E-state index in [0.29, 0.717) is 11.8 Å². The molecule has 2 aromatic carbocycles. The molecule has 0 amide bonds. The van der Waals surface area contributed by atoms with E-state index >= 15 is 0 Å². The topological polar surface area (TPSA) is 32.8 Å². The molecule has 2 aliphatic carbocycles. The van der Waals surface area contributed by atoms with Crippen molar-refractivity contribution < 1.29 is 9.53 Å². The monoisotopic (exact) mass is 484 g/mol. The van der Waals surface area contributed by atoms with Crippen LogP contribution in [-0.4, -0.2) is 54.6 Å². The zero-order valence-electron chi connectivity index (χ0n) is 21.6. The summed E-state index contributed by atoms with van der Waals surface area (Å²) in [7, 11) is 0. The molecule has 2 saturated carbocycles. The van der Waals surface area contributed by atoms with Gasteiger partial charge in [0.25, 0.3) is 0 Å². The molecule has 0 radical (unpaired) electrons. The summed E-state index contributed by atoms with van der Waals surface area (Å²) < 4.78 is 6.04. The van der Waals surface area contributed by atoms with Gasteiger partial charge in [-0.2, -0.15) is 0 Å². The minimum absolute atomic E-state index is 0.0138. The smallest absolute Gasteiger partial charge is 0.310 e. The number of esters is 1. The van der Waals surface area contributed by atoms with Crippen LogP contribution in [0.3, 0.4) is 0 Å². The molecule has 4 heteroatoms. The van der Waals surface area contributed by atoms with Crippen molar-refractivity contribution in [2.45, 2.75) is 51.2 Å². The summed E-state index contributed by atoms with van der Waals surface area (Å²) in [6.45, 7) is 11.7. The van der Waals surface area contributed by atoms with Gasteiger partial charge in [0.1, 0.15) is 6.10 Å². The lowest BCUT2D eigenvalue weighted by Crippen LogP contribution is -2.50.